The third-order valence-corrected chi connectivity index (χ3v) is 13.1. The highest BCUT2D eigenvalue weighted by Gasteiger charge is 2.44. The molecule has 0 aromatic heterocycles. The zero-order chi connectivity index (χ0) is 50.6. The quantitative estimate of drug-likeness (QED) is 0.0267. The zero-order valence-corrected chi connectivity index (χ0v) is 45.0. The molecule has 1 fully saturated rings. The summed E-state index contributed by atoms with van der Waals surface area (Å²) < 4.78 is 23.0. The van der Waals surface area contributed by atoms with Crippen molar-refractivity contribution < 1.29 is 44.2 Å². The highest BCUT2D eigenvalue weighted by Crippen LogP contribution is 2.23. The molecule has 1 heterocycles. The molecule has 0 radical (unpaired) electrons. The van der Waals surface area contributed by atoms with E-state index in [4.69, 9.17) is 18.9 Å². The van der Waals surface area contributed by atoms with Gasteiger partial charge in [0.1, 0.15) is 30.5 Å². The van der Waals surface area contributed by atoms with E-state index in [1.165, 1.54) is 154 Å². The van der Waals surface area contributed by atoms with Crippen LogP contribution < -0.4 is 0 Å². The van der Waals surface area contributed by atoms with E-state index in [-0.39, 0.29) is 19.2 Å². The van der Waals surface area contributed by atoms with Crippen LogP contribution in [0.15, 0.2) is 72.9 Å². The van der Waals surface area contributed by atoms with Gasteiger partial charge in [-0.1, -0.05) is 228 Å². The predicted octanol–water partition coefficient (Wildman–Crippen LogP) is 15.2. The molecule has 0 aliphatic carbocycles. The van der Waals surface area contributed by atoms with Crippen LogP contribution in [0, 0.1) is 0 Å². The largest absolute Gasteiger partial charge is 0.457 e. The summed E-state index contributed by atoms with van der Waals surface area (Å²) in [7, 11) is 0. The van der Waals surface area contributed by atoms with Gasteiger partial charge >= 0.3 is 5.97 Å². The first-order valence-electron chi connectivity index (χ1n) is 29.0. The second-order valence-electron chi connectivity index (χ2n) is 19.7. The van der Waals surface area contributed by atoms with Crippen molar-refractivity contribution in [1.29, 1.82) is 0 Å². The minimum absolute atomic E-state index is 0.118. The van der Waals surface area contributed by atoms with E-state index in [1.807, 2.05) is 0 Å². The van der Waals surface area contributed by atoms with E-state index < -0.39 is 43.4 Å². The lowest BCUT2D eigenvalue weighted by molar-refractivity contribution is -0.305. The maximum Gasteiger partial charge on any atom is 0.306 e. The first-order valence-corrected chi connectivity index (χ1v) is 29.0. The van der Waals surface area contributed by atoms with Gasteiger partial charge in [0.25, 0.3) is 0 Å². The third-order valence-electron chi connectivity index (χ3n) is 13.1. The minimum Gasteiger partial charge on any atom is -0.457 e. The van der Waals surface area contributed by atoms with Crippen molar-refractivity contribution >= 4 is 5.97 Å². The Bertz CT molecular complexity index is 1310. The Morgan fingerprint density at radius 3 is 1.33 bits per heavy atom. The number of unbranched alkanes of at least 4 members (excludes halogenated alkanes) is 27. The van der Waals surface area contributed by atoms with Crippen molar-refractivity contribution in [3.63, 3.8) is 0 Å². The molecule has 0 saturated carbocycles. The molecular formula is C61H108O9. The van der Waals surface area contributed by atoms with Gasteiger partial charge in [0.2, 0.25) is 0 Å². The number of allylic oxidation sites excluding steroid dienone is 12. The molecule has 6 unspecified atom stereocenters. The van der Waals surface area contributed by atoms with Crippen LogP contribution in [0.2, 0.25) is 0 Å². The SMILES string of the molecule is CC/C=C\C/C=C\C/C=C\C/C=C\C/C=C\CCCCCCCCCCCC(=O)OC(COCCCCCCCCCCCC/C=C\CCCCCCCCCC)COC1OC(CO)C(O)C(O)C1O. The summed E-state index contributed by atoms with van der Waals surface area (Å²) in [6.45, 7) is 4.46. The molecule has 0 bridgehead atoms. The first-order chi connectivity index (χ1) is 34.4. The number of hydrogen-bond donors (Lipinski definition) is 4. The Balaban J connectivity index is 2.17. The second kappa shape index (κ2) is 51.5. The number of aliphatic hydroxyl groups excluding tert-OH is 4. The summed E-state index contributed by atoms with van der Waals surface area (Å²) in [5.74, 6) is -0.320. The van der Waals surface area contributed by atoms with Crippen LogP contribution in [0.3, 0.4) is 0 Å². The molecule has 0 amide bonds. The van der Waals surface area contributed by atoms with Crippen LogP contribution in [0.1, 0.15) is 245 Å². The lowest BCUT2D eigenvalue weighted by Crippen LogP contribution is -2.59. The molecule has 9 heteroatoms. The minimum atomic E-state index is -1.54. The number of hydrogen-bond acceptors (Lipinski definition) is 9. The standard InChI is InChI=1S/C61H108O9/c1-3-5-7-9-11-13-15-17-19-21-23-25-27-28-29-30-32-34-36-38-40-42-44-46-48-50-57(63)69-55(54-68-61-60(66)59(65)58(64)56(52-62)70-61)53-67-51-49-47-45-43-41-39-37-35-33-31-26-24-22-20-18-16-14-12-10-8-6-4-2/h5,7,11,13,17,19,22-25,28-29,55-56,58-62,64-66H,3-4,6,8-10,12,14-16,18,20-21,26-27,30-54H2,1-2H3/b7-5-,13-11-,19-17-,24-22-,25-23-,29-28-. The van der Waals surface area contributed by atoms with Crippen LogP contribution in [-0.2, 0) is 23.7 Å². The van der Waals surface area contributed by atoms with Gasteiger partial charge in [-0.25, -0.2) is 0 Å². The summed E-state index contributed by atoms with van der Waals surface area (Å²) in [5.41, 5.74) is 0. The lowest BCUT2D eigenvalue weighted by Gasteiger charge is -2.39. The third kappa shape index (κ3) is 41.1. The van der Waals surface area contributed by atoms with Crippen LogP contribution >= 0.6 is 0 Å². The Morgan fingerprint density at radius 1 is 0.471 bits per heavy atom. The fraction of sp³-hybridized carbons (Fsp3) is 0.787. The van der Waals surface area contributed by atoms with Gasteiger partial charge in [0.05, 0.1) is 19.8 Å². The van der Waals surface area contributed by atoms with Crippen molar-refractivity contribution in [2.24, 2.45) is 0 Å². The molecule has 70 heavy (non-hydrogen) atoms. The molecule has 0 spiro atoms. The molecule has 4 N–H and O–H groups in total. The lowest BCUT2D eigenvalue weighted by atomic mass is 9.99. The zero-order valence-electron chi connectivity index (χ0n) is 45.0. The maximum atomic E-state index is 12.9. The highest BCUT2D eigenvalue weighted by molar-refractivity contribution is 5.69. The molecule has 9 nitrogen and oxygen atoms in total. The fourth-order valence-electron chi connectivity index (χ4n) is 8.63. The molecular weight excluding hydrogens is 877 g/mol. The Morgan fingerprint density at radius 2 is 0.871 bits per heavy atom. The maximum absolute atomic E-state index is 12.9. The second-order valence-corrected chi connectivity index (χ2v) is 19.7. The number of rotatable bonds is 50. The topological polar surface area (TPSA) is 135 Å². The smallest absolute Gasteiger partial charge is 0.306 e. The van der Waals surface area contributed by atoms with E-state index in [0.717, 1.165) is 70.6 Å². The molecule has 0 aromatic rings. The average Bonchev–Trinajstić information content (AvgIpc) is 3.36. The van der Waals surface area contributed by atoms with Gasteiger partial charge < -0.3 is 39.4 Å². The molecule has 406 valence electrons. The van der Waals surface area contributed by atoms with Gasteiger partial charge in [-0.3, -0.25) is 4.79 Å². The van der Waals surface area contributed by atoms with Crippen LogP contribution in [0.4, 0.5) is 0 Å². The molecule has 1 aliphatic rings. The number of aliphatic hydroxyl groups is 4. The normalized spacial score (nSPS) is 19.4. The van der Waals surface area contributed by atoms with Gasteiger partial charge in [-0.05, 0) is 83.5 Å². The van der Waals surface area contributed by atoms with Gasteiger partial charge in [-0.15, -0.1) is 0 Å². The first kappa shape index (κ1) is 65.6. The van der Waals surface area contributed by atoms with Crippen LogP contribution in [0.5, 0.6) is 0 Å². The van der Waals surface area contributed by atoms with E-state index >= 15 is 0 Å². The van der Waals surface area contributed by atoms with E-state index in [2.05, 4.69) is 86.8 Å². The number of esters is 1. The molecule has 0 aromatic carbocycles. The van der Waals surface area contributed by atoms with Crippen molar-refractivity contribution in [3.8, 4) is 0 Å². The number of carbonyl (C=O) groups excluding carboxylic acids is 1. The van der Waals surface area contributed by atoms with Crippen LogP contribution in [0.25, 0.3) is 0 Å². The van der Waals surface area contributed by atoms with Crippen molar-refractivity contribution in [2.75, 3.05) is 26.4 Å². The number of carbonyl (C=O) groups is 1. The van der Waals surface area contributed by atoms with Crippen LogP contribution in [-0.4, -0.2) is 89.6 Å². The molecule has 1 saturated heterocycles. The average molecular weight is 986 g/mol. The van der Waals surface area contributed by atoms with Gasteiger partial charge in [0.15, 0.2) is 6.29 Å². The monoisotopic (exact) mass is 985 g/mol. The Kier molecular flexibility index (Phi) is 48.3. The van der Waals surface area contributed by atoms with E-state index in [0.29, 0.717) is 13.0 Å². The van der Waals surface area contributed by atoms with Crippen molar-refractivity contribution in [3.05, 3.63) is 72.9 Å². The highest BCUT2D eigenvalue weighted by atomic mass is 16.7. The van der Waals surface area contributed by atoms with E-state index in [1.54, 1.807) is 0 Å². The molecule has 1 rings (SSSR count). The van der Waals surface area contributed by atoms with Gasteiger partial charge in [0, 0.05) is 13.0 Å². The van der Waals surface area contributed by atoms with Crippen molar-refractivity contribution in [2.45, 2.75) is 282 Å². The van der Waals surface area contributed by atoms with Crippen molar-refractivity contribution in [1.82, 2.24) is 0 Å². The fourth-order valence-corrected chi connectivity index (χ4v) is 8.63. The Hall–Kier alpha value is -2.37. The summed E-state index contributed by atoms with van der Waals surface area (Å²) >= 11 is 0. The summed E-state index contributed by atoms with van der Waals surface area (Å²) in [4.78, 5) is 12.9. The summed E-state index contributed by atoms with van der Waals surface area (Å²) in [6.07, 6.45) is 62.3. The Labute approximate surface area is 429 Å². The summed E-state index contributed by atoms with van der Waals surface area (Å²) in [5, 5.41) is 40.4. The number of ether oxygens (including phenoxy) is 4. The van der Waals surface area contributed by atoms with E-state index in [9.17, 15) is 25.2 Å². The van der Waals surface area contributed by atoms with Gasteiger partial charge in [-0.2, -0.15) is 0 Å². The predicted molar refractivity (Wildman–Crippen MR) is 293 cm³/mol. The summed E-state index contributed by atoms with van der Waals surface area (Å²) in [6, 6.07) is 0. The molecule has 1 aliphatic heterocycles. The molecule has 6 atom stereocenters.